The topological polar surface area (TPSA) is 125 Å². The third-order valence-corrected chi connectivity index (χ3v) is 4.56. The van der Waals surface area contributed by atoms with E-state index in [0.29, 0.717) is 19.3 Å². The van der Waals surface area contributed by atoms with E-state index in [2.05, 4.69) is 0 Å². The Morgan fingerprint density at radius 2 is 0.475 bits per heavy atom. The van der Waals surface area contributed by atoms with E-state index in [1.165, 1.54) is 0 Å². The molecule has 0 amide bonds. The van der Waals surface area contributed by atoms with E-state index in [9.17, 15) is 15.3 Å². The first kappa shape index (κ1) is 47.1. The largest absolute Gasteiger partial charge is 3.00 e. The molecule has 240 valence electrons. The van der Waals surface area contributed by atoms with Crippen LogP contribution in [0, 0.1) is 0 Å². The van der Waals surface area contributed by atoms with Gasteiger partial charge in [-0.15, -0.1) is 0 Å². The van der Waals surface area contributed by atoms with E-state index in [1.54, 1.807) is 0 Å². The molecule has 0 heterocycles. The second-order valence-corrected chi connectivity index (χ2v) is 11.1. The number of hydrogen-bond acceptors (Lipinski definition) is 9. The van der Waals surface area contributed by atoms with E-state index in [1.807, 2.05) is 104 Å². The van der Waals surface area contributed by atoms with Crippen LogP contribution in [0.3, 0.4) is 0 Å². The summed E-state index contributed by atoms with van der Waals surface area (Å²) in [5.41, 5.74) is 0. The van der Waals surface area contributed by atoms with Crippen LogP contribution in [-0.4, -0.2) is 91.2 Å². The molecule has 0 saturated carbocycles. The standard InChI is InChI=1S/3C10H21O3.Al/c3*1-6-9(11)10(12-7(2)3)13-8(4)5;/h3*7-10H,6H2,1-5H3;/q3*-1;+3. The Hall–Kier alpha value is 0.172. The smallest absolute Gasteiger partial charge is 0.848 e. The summed E-state index contributed by atoms with van der Waals surface area (Å²) in [7, 11) is 0. The maximum atomic E-state index is 11.4. The van der Waals surface area contributed by atoms with Gasteiger partial charge in [0.2, 0.25) is 0 Å². The summed E-state index contributed by atoms with van der Waals surface area (Å²) in [6, 6.07) is 0. The van der Waals surface area contributed by atoms with Crippen molar-refractivity contribution in [1.29, 1.82) is 0 Å². The summed E-state index contributed by atoms with van der Waals surface area (Å²) < 4.78 is 32.3. The third-order valence-electron chi connectivity index (χ3n) is 4.56. The predicted molar refractivity (Wildman–Crippen MR) is 157 cm³/mol. The van der Waals surface area contributed by atoms with Crippen molar-refractivity contribution >= 4 is 17.4 Å². The molecule has 0 rings (SSSR count). The first-order chi connectivity index (χ1) is 17.9. The van der Waals surface area contributed by atoms with Gasteiger partial charge in [0.25, 0.3) is 0 Å². The van der Waals surface area contributed by atoms with Gasteiger partial charge in [-0.2, -0.15) is 0 Å². The number of hydrogen-bond donors (Lipinski definition) is 0. The molecule has 0 aliphatic heterocycles. The van der Waals surface area contributed by atoms with Crippen molar-refractivity contribution in [3.8, 4) is 0 Å². The zero-order valence-electron chi connectivity index (χ0n) is 28.3. The summed E-state index contributed by atoms with van der Waals surface area (Å²) in [4.78, 5) is 0. The molecule has 9 nitrogen and oxygen atoms in total. The third kappa shape index (κ3) is 29.7. The van der Waals surface area contributed by atoms with Crippen LogP contribution in [-0.2, 0) is 28.4 Å². The molecule has 0 radical (unpaired) electrons. The quantitative estimate of drug-likeness (QED) is 0.173. The van der Waals surface area contributed by atoms with Crippen molar-refractivity contribution in [3.05, 3.63) is 0 Å². The molecule has 0 saturated heterocycles. The van der Waals surface area contributed by atoms with Crippen molar-refractivity contribution in [2.75, 3.05) is 0 Å². The Kier molecular flexibility index (Phi) is 32.9. The molecule has 0 N–H and O–H groups in total. The van der Waals surface area contributed by atoms with Crippen LogP contribution in [0.4, 0.5) is 0 Å². The van der Waals surface area contributed by atoms with Crippen molar-refractivity contribution in [3.63, 3.8) is 0 Å². The molecule has 0 spiro atoms. The monoisotopic (exact) mass is 594 g/mol. The van der Waals surface area contributed by atoms with Crippen molar-refractivity contribution < 1.29 is 43.7 Å². The summed E-state index contributed by atoms with van der Waals surface area (Å²) in [6.07, 6.45) is -2.38. The number of rotatable bonds is 18. The Labute approximate surface area is 257 Å². The first-order valence-corrected chi connectivity index (χ1v) is 14.8. The van der Waals surface area contributed by atoms with Crippen molar-refractivity contribution in [2.45, 2.75) is 197 Å². The predicted octanol–water partition coefficient (Wildman–Crippen LogP) is 3.52. The molecule has 40 heavy (non-hydrogen) atoms. The summed E-state index contributed by atoms with van der Waals surface area (Å²) in [5.74, 6) is 0. The van der Waals surface area contributed by atoms with Gasteiger partial charge in [0, 0.05) is 0 Å². The van der Waals surface area contributed by atoms with Gasteiger partial charge >= 0.3 is 17.4 Å². The van der Waals surface area contributed by atoms with Gasteiger partial charge in [-0.25, -0.2) is 0 Å². The molecular weight excluding hydrogens is 531 g/mol. The molecule has 0 aromatic heterocycles. The SMILES string of the molecule is CCC([O-])C(OC(C)C)OC(C)C.CCC([O-])C(OC(C)C)OC(C)C.CCC([O-])C(OC(C)C)OC(C)C.[Al+3]. The summed E-state index contributed by atoms with van der Waals surface area (Å²) in [5, 5.41) is 34.2. The first-order valence-electron chi connectivity index (χ1n) is 14.8. The summed E-state index contributed by atoms with van der Waals surface area (Å²) >= 11 is 0. The molecule has 3 unspecified atom stereocenters. The molecule has 10 heteroatoms. The Bertz CT molecular complexity index is 418. The van der Waals surface area contributed by atoms with Gasteiger partial charge < -0.3 is 43.7 Å². The van der Waals surface area contributed by atoms with Crippen LogP contribution >= 0.6 is 0 Å². The van der Waals surface area contributed by atoms with Crippen molar-refractivity contribution in [2.24, 2.45) is 0 Å². The Morgan fingerprint density at radius 3 is 0.550 bits per heavy atom. The average Bonchev–Trinajstić information content (AvgIpc) is 2.80. The van der Waals surface area contributed by atoms with Gasteiger partial charge in [-0.05, 0) is 83.1 Å². The maximum absolute atomic E-state index is 11.4. The molecule has 0 aromatic carbocycles. The minimum atomic E-state index is -0.787. The van der Waals surface area contributed by atoms with E-state index in [-0.39, 0.29) is 54.0 Å². The van der Waals surface area contributed by atoms with Crippen LogP contribution < -0.4 is 15.3 Å². The fraction of sp³-hybridized carbons (Fsp3) is 1.00. The normalized spacial score (nSPS) is 14.2. The molecule has 0 fully saturated rings. The fourth-order valence-electron chi connectivity index (χ4n) is 2.81. The second kappa shape index (κ2) is 28.0. The van der Waals surface area contributed by atoms with E-state index >= 15 is 0 Å². The fourth-order valence-corrected chi connectivity index (χ4v) is 2.81. The maximum Gasteiger partial charge on any atom is 3.00 e. The zero-order valence-corrected chi connectivity index (χ0v) is 29.5. The number of ether oxygens (including phenoxy) is 6. The van der Waals surface area contributed by atoms with E-state index < -0.39 is 37.2 Å². The van der Waals surface area contributed by atoms with Crippen molar-refractivity contribution in [1.82, 2.24) is 0 Å². The van der Waals surface area contributed by atoms with Crippen LogP contribution in [0.25, 0.3) is 0 Å². The van der Waals surface area contributed by atoms with Gasteiger partial charge in [-0.3, -0.25) is 0 Å². The summed E-state index contributed by atoms with van der Waals surface area (Å²) in [6.45, 7) is 28.4. The minimum Gasteiger partial charge on any atom is -0.848 e. The van der Waals surface area contributed by atoms with Crippen LogP contribution in [0.1, 0.15) is 123 Å². The average molecular weight is 595 g/mol. The van der Waals surface area contributed by atoms with Crippen LogP contribution in [0.5, 0.6) is 0 Å². The van der Waals surface area contributed by atoms with Crippen LogP contribution in [0.2, 0.25) is 0 Å². The molecule has 0 aliphatic rings. The molecule has 3 atom stereocenters. The van der Waals surface area contributed by atoms with E-state index in [4.69, 9.17) is 28.4 Å². The molecule has 0 aliphatic carbocycles. The van der Waals surface area contributed by atoms with Gasteiger partial charge in [0.15, 0.2) is 0 Å². The van der Waals surface area contributed by atoms with Gasteiger partial charge in [-0.1, -0.05) is 58.3 Å². The van der Waals surface area contributed by atoms with Gasteiger partial charge in [0.1, 0.15) is 18.9 Å². The van der Waals surface area contributed by atoms with Crippen LogP contribution in [0.15, 0.2) is 0 Å². The van der Waals surface area contributed by atoms with Gasteiger partial charge in [0.05, 0.1) is 36.6 Å². The zero-order chi connectivity index (χ0) is 31.3. The molecule has 0 bridgehead atoms. The Morgan fingerprint density at radius 1 is 0.350 bits per heavy atom. The molecule has 0 aromatic rings. The molecular formula is C30H63AlO9. The van der Waals surface area contributed by atoms with E-state index in [0.717, 1.165) is 0 Å². The Balaban J connectivity index is -0.000000240. The minimum absolute atomic E-state index is 0. The second-order valence-electron chi connectivity index (χ2n) is 11.1.